The van der Waals surface area contributed by atoms with E-state index < -0.39 is 33.7 Å². The van der Waals surface area contributed by atoms with Crippen LogP contribution in [0.25, 0.3) is 0 Å². The standard InChI is InChI=1S/C17H30O7S/c1-3-5-7-8-9-10-11-13-24-17(19)15(25(20,21)22)14-16(18)23-12-6-4-2/h6,12,15H,3-5,7-11,13-14H2,1-2H3,(H,20,21,22)/b12-6+. The lowest BCUT2D eigenvalue weighted by Crippen LogP contribution is -2.34. The van der Waals surface area contributed by atoms with Crippen molar-refractivity contribution in [1.29, 1.82) is 0 Å². The van der Waals surface area contributed by atoms with Crippen LogP contribution < -0.4 is 0 Å². The highest BCUT2D eigenvalue weighted by Crippen LogP contribution is 2.11. The lowest BCUT2D eigenvalue weighted by Gasteiger charge is -2.12. The minimum absolute atomic E-state index is 0.0589. The summed E-state index contributed by atoms with van der Waals surface area (Å²) in [6.07, 6.45) is 9.69. The molecule has 0 amide bonds. The van der Waals surface area contributed by atoms with Crippen LogP contribution in [0.15, 0.2) is 12.3 Å². The molecule has 0 aromatic heterocycles. The monoisotopic (exact) mass is 378 g/mol. The molecule has 0 radical (unpaired) electrons. The van der Waals surface area contributed by atoms with E-state index in [0.29, 0.717) is 12.8 Å². The summed E-state index contributed by atoms with van der Waals surface area (Å²) in [7, 11) is -4.75. The SMILES string of the molecule is CC/C=C/OC(=O)CC(C(=O)OCCCCCCCCC)S(=O)(=O)O. The van der Waals surface area contributed by atoms with E-state index in [2.05, 4.69) is 11.7 Å². The number of hydrogen-bond acceptors (Lipinski definition) is 6. The maximum absolute atomic E-state index is 11.8. The largest absolute Gasteiger partial charge is 0.465 e. The van der Waals surface area contributed by atoms with Gasteiger partial charge in [0.15, 0.2) is 5.25 Å². The molecule has 0 saturated heterocycles. The Morgan fingerprint density at radius 3 is 2.20 bits per heavy atom. The molecule has 0 heterocycles. The number of hydrogen-bond donors (Lipinski definition) is 1. The molecule has 8 heteroatoms. The quantitative estimate of drug-likeness (QED) is 0.214. The first-order valence-corrected chi connectivity index (χ1v) is 10.3. The third-order valence-electron chi connectivity index (χ3n) is 3.50. The zero-order valence-electron chi connectivity index (χ0n) is 15.1. The Kier molecular flexibility index (Phi) is 13.1. The van der Waals surface area contributed by atoms with Crippen LogP contribution in [0.5, 0.6) is 0 Å². The topological polar surface area (TPSA) is 107 Å². The van der Waals surface area contributed by atoms with Crippen molar-refractivity contribution in [2.75, 3.05) is 6.61 Å². The highest BCUT2D eigenvalue weighted by molar-refractivity contribution is 7.87. The van der Waals surface area contributed by atoms with E-state index in [1.165, 1.54) is 19.3 Å². The van der Waals surface area contributed by atoms with Crippen molar-refractivity contribution in [3.8, 4) is 0 Å². The molecule has 0 aliphatic heterocycles. The molecular weight excluding hydrogens is 348 g/mol. The molecule has 1 N–H and O–H groups in total. The van der Waals surface area contributed by atoms with Gasteiger partial charge in [-0.15, -0.1) is 0 Å². The van der Waals surface area contributed by atoms with E-state index in [9.17, 15) is 18.0 Å². The average Bonchev–Trinajstić information content (AvgIpc) is 2.54. The van der Waals surface area contributed by atoms with Gasteiger partial charge in [0, 0.05) is 0 Å². The van der Waals surface area contributed by atoms with Gasteiger partial charge in [-0.05, 0) is 18.9 Å². The maximum Gasteiger partial charge on any atom is 0.327 e. The fourth-order valence-corrected chi connectivity index (χ4v) is 2.71. The summed E-state index contributed by atoms with van der Waals surface area (Å²) in [6.45, 7) is 4.02. The number of allylic oxidation sites excluding steroid dienone is 1. The van der Waals surface area contributed by atoms with E-state index in [4.69, 9.17) is 9.29 Å². The van der Waals surface area contributed by atoms with Crippen LogP contribution in [0.2, 0.25) is 0 Å². The third kappa shape index (κ3) is 12.6. The molecule has 1 atom stereocenters. The first kappa shape index (κ1) is 23.6. The van der Waals surface area contributed by atoms with E-state index in [0.717, 1.165) is 25.5 Å². The van der Waals surface area contributed by atoms with Crippen LogP contribution in [0, 0.1) is 0 Å². The molecule has 0 aromatic rings. The van der Waals surface area contributed by atoms with Gasteiger partial charge < -0.3 is 9.47 Å². The van der Waals surface area contributed by atoms with Gasteiger partial charge in [0.05, 0.1) is 19.3 Å². The third-order valence-corrected chi connectivity index (χ3v) is 4.58. The van der Waals surface area contributed by atoms with E-state index in [1.54, 1.807) is 6.08 Å². The molecule has 0 saturated carbocycles. The summed E-state index contributed by atoms with van der Waals surface area (Å²) in [4.78, 5) is 23.4. The van der Waals surface area contributed by atoms with Crippen LogP contribution in [0.3, 0.4) is 0 Å². The lowest BCUT2D eigenvalue weighted by atomic mass is 10.1. The van der Waals surface area contributed by atoms with E-state index >= 15 is 0 Å². The van der Waals surface area contributed by atoms with Crippen molar-refractivity contribution >= 4 is 22.1 Å². The minimum atomic E-state index is -4.75. The summed E-state index contributed by atoms with van der Waals surface area (Å²) in [5, 5.41) is -1.96. The Hall–Kier alpha value is -1.41. The number of carbonyl (C=O) groups is 2. The van der Waals surface area contributed by atoms with Crippen LogP contribution in [-0.2, 0) is 29.2 Å². The van der Waals surface area contributed by atoms with E-state index in [1.807, 2.05) is 6.92 Å². The van der Waals surface area contributed by atoms with Gasteiger partial charge in [-0.2, -0.15) is 8.42 Å². The first-order chi connectivity index (χ1) is 11.8. The second-order valence-electron chi connectivity index (χ2n) is 5.77. The molecule has 7 nitrogen and oxygen atoms in total. The number of carbonyl (C=O) groups excluding carboxylic acids is 2. The first-order valence-electron chi connectivity index (χ1n) is 8.80. The van der Waals surface area contributed by atoms with Gasteiger partial charge in [-0.25, -0.2) is 0 Å². The lowest BCUT2D eigenvalue weighted by molar-refractivity contribution is -0.147. The Bertz CT molecular complexity index is 511. The molecule has 146 valence electrons. The number of rotatable bonds is 14. The molecule has 25 heavy (non-hydrogen) atoms. The van der Waals surface area contributed by atoms with Crippen molar-refractivity contribution in [2.24, 2.45) is 0 Å². The van der Waals surface area contributed by atoms with Crippen molar-refractivity contribution in [2.45, 2.75) is 76.9 Å². The highest BCUT2D eigenvalue weighted by Gasteiger charge is 2.35. The summed E-state index contributed by atoms with van der Waals surface area (Å²) >= 11 is 0. The molecule has 0 bridgehead atoms. The maximum atomic E-state index is 11.8. The molecule has 0 fully saturated rings. The Balaban J connectivity index is 4.25. The van der Waals surface area contributed by atoms with Gasteiger partial charge in [-0.1, -0.05) is 52.4 Å². The van der Waals surface area contributed by atoms with E-state index in [-0.39, 0.29) is 6.61 Å². The number of esters is 2. The average molecular weight is 378 g/mol. The smallest absolute Gasteiger partial charge is 0.327 e. The second kappa shape index (κ2) is 13.8. The Labute approximate surface area is 150 Å². The second-order valence-corrected chi connectivity index (χ2v) is 7.37. The summed E-state index contributed by atoms with van der Waals surface area (Å²) in [5.41, 5.74) is 0. The number of ether oxygens (including phenoxy) is 2. The molecule has 0 aromatic carbocycles. The van der Waals surface area contributed by atoms with Gasteiger partial charge in [-0.3, -0.25) is 14.1 Å². The normalized spacial score (nSPS) is 12.9. The Morgan fingerprint density at radius 2 is 1.64 bits per heavy atom. The molecule has 1 unspecified atom stereocenters. The molecule has 0 aliphatic rings. The molecular formula is C17H30O7S. The van der Waals surface area contributed by atoms with Crippen molar-refractivity contribution in [1.82, 2.24) is 0 Å². The van der Waals surface area contributed by atoms with Crippen LogP contribution in [-0.4, -0.2) is 36.8 Å². The van der Waals surface area contributed by atoms with Gasteiger partial charge in [0.1, 0.15) is 0 Å². The fourth-order valence-electron chi connectivity index (χ4n) is 2.05. The fraction of sp³-hybridized carbons (Fsp3) is 0.765. The predicted molar refractivity (Wildman–Crippen MR) is 94.4 cm³/mol. The zero-order valence-corrected chi connectivity index (χ0v) is 15.9. The van der Waals surface area contributed by atoms with Gasteiger partial charge >= 0.3 is 11.9 Å². The van der Waals surface area contributed by atoms with Crippen LogP contribution >= 0.6 is 0 Å². The molecule has 0 rings (SSSR count). The predicted octanol–water partition coefficient (Wildman–Crippen LogP) is 3.39. The van der Waals surface area contributed by atoms with Crippen molar-refractivity contribution in [3.05, 3.63) is 12.3 Å². The zero-order chi connectivity index (χ0) is 19.1. The highest BCUT2D eigenvalue weighted by atomic mass is 32.2. The van der Waals surface area contributed by atoms with Crippen molar-refractivity contribution < 1.29 is 32.0 Å². The van der Waals surface area contributed by atoms with Gasteiger partial charge in [0.25, 0.3) is 10.1 Å². The van der Waals surface area contributed by atoms with Crippen LogP contribution in [0.4, 0.5) is 0 Å². The van der Waals surface area contributed by atoms with Crippen molar-refractivity contribution in [3.63, 3.8) is 0 Å². The van der Waals surface area contributed by atoms with Crippen LogP contribution in [0.1, 0.15) is 71.6 Å². The van der Waals surface area contributed by atoms with Gasteiger partial charge in [0.2, 0.25) is 0 Å². The number of unbranched alkanes of at least 4 members (excludes halogenated alkanes) is 6. The summed E-state index contributed by atoms with van der Waals surface area (Å²) < 4.78 is 41.3. The molecule has 0 aliphatic carbocycles. The molecule has 0 spiro atoms. The summed E-state index contributed by atoms with van der Waals surface area (Å²) in [6, 6.07) is 0. The minimum Gasteiger partial charge on any atom is -0.465 e. The summed E-state index contributed by atoms with van der Waals surface area (Å²) in [5.74, 6) is -2.06. The Morgan fingerprint density at radius 1 is 1.04 bits per heavy atom.